The molecule has 0 N–H and O–H groups in total. The predicted molar refractivity (Wildman–Crippen MR) is 106 cm³/mol. The van der Waals surface area contributed by atoms with E-state index in [0.717, 1.165) is 16.9 Å². The third kappa shape index (κ3) is 2.41. The summed E-state index contributed by atoms with van der Waals surface area (Å²) >= 11 is 0. The van der Waals surface area contributed by atoms with Gasteiger partial charge < -0.3 is 4.74 Å². The second kappa shape index (κ2) is 6.20. The lowest BCUT2D eigenvalue weighted by Crippen LogP contribution is -2.15. The van der Waals surface area contributed by atoms with E-state index in [2.05, 4.69) is 91.0 Å². The summed E-state index contributed by atoms with van der Waals surface area (Å²) in [5, 5.41) is 0. The first-order chi connectivity index (χ1) is 12.9. The van der Waals surface area contributed by atoms with Gasteiger partial charge in [-0.25, -0.2) is 0 Å². The minimum Gasteiger partial charge on any atom is -0.480 e. The Hall–Kier alpha value is -3.32. The second-order valence-corrected chi connectivity index (χ2v) is 6.54. The van der Waals surface area contributed by atoms with Crippen molar-refractivity contribution in [2.24, 2.45) is 0 Å². The van der Waals surface area contributed by atoms with Gasteiger partial charge in [0, 0.05) is 16.7 Å². The van der Waals surface area contributed by atoms with Crippen LogP contribution in [0, 0.1) is 0 Å². The van der Waals surface area contributed by atoms with E-state index in [4.69, 9.17) is 4.74 Å². The van der Waals surface area contributed by atoms with E-state index in [-0.39, 0.29) is 6.10 Å². The van der Waals surface area contributed by atoms with Crippen molar-refractivity contribution in [2.45, 2.75) is 6.10 Å². The van der Waals surface area contributed by atoms with Gasteiger partial charge in [0.2, 0.25) is 0 Å². The summed E-state index contributed by atoms with van der Waals surface area (Å²) in [6, 6.07) is 35.9. The van der Waals surface area contributed by atoms with E-state index < -0.39 is 0 Å². The fourth-order valence-electron chi connectivity index (χ4n) is 3.75. The highest BCUT2D eigenvalue weighted by Gasteiger charge is 2.28. The van der Waals surface area contributed by atoms with Crippen molar-refractivity contribution in [1.82, 2.24) is 0 Å². The van der Waals surface area contributed by atoms with Crippen LogP contribution >= 0.6 is 0 Å². The molecule has 5 rings (SSSR count). The standard InChI is InChI=1S/C25H18O/c1-3-10-18(11-4-1)20-16-9-17-23-21-14-7-8-15-22(21)24(26-25(20)23)19-12-5-2-6-13-19/h1-17,24H. The largest absolute Gasteiger partial charge is 0.480 e. The van der Waals surface area contributed by atoms with Crippen molar-refractivity contribution < 1.29 is 4.74 Å². The summed E-state index contributed by atoms with van der Waals surface area (Å²) in [4.78, 5) is 0. The van der Waals surface area contributed by atoms with Gasteiger partial charge in [-0.1, -0.05) is 103 Å². The SMILES string of the molecule is c1ccc(-c2cccc3c2OC(c2ccccc2)c2ccccc2-3)cc1. The van der Waals surface area contributed by atoms with E-state index >= 15 is 0 Å². The zero-order valence-electron chi connectivity index (χ0n) is 14.3. The Morgan fingerprint density at radius 3 is 1.92 bits per heavy atom. The van der Waals surface area contributed by atoms with Gasteiger partial charge in [-0.2, -0.15) is 0 Å². The van der Waals surface area contributed by atoms with Crippen LogP contribution in [0.2, 0.25) is 0 Å². The van der Waals surface area contributed by atoms with Crippen LogP contribution in [-0.2, 0) is 0 Å². The van der Waals surface area contributed by atoms with Crippen LogP contribution in [0.3, 0.4) is 0 Å². The van der Waals surface area contributed by atoms with Gasteiger partial charge in [-0.3, -0.25) is 0 Å². The molecule has 0 saturated heterocycles. The number of rotatable bonds is 2. The van der Waals surface area contributed by atoms with Gasteiger partial charge in [-0.15, -0.1) is 0 Å². The molecule has 4 aromatic rings. The fourth-order valence-corrected chi connectivity index (χ4v) is 3.75. The van der Waals surface area contributed by atoms with E-state index in [1.807, 2.05) is 12.1 Å². The highest BCUT2D eigenvalue weighted by atomic mass is 16.5. The lowest BCUT2D eigenvalue weighted by Gasteiger charge is -2.30. The molecule has 1 atom stereocenters. The molecule has 26 heavy (non-hydrogen) atoms. The minimum absolute atomic E-state index is 0.0928. The normalized spacial score (nSPS) is 14.8. The van der Waals surface area contributed by atoms with E-state index in [9.17, 15) is 0 Å². The van der Waals surface area contributed by atoms with Crippen LogP contribution in [0.5, 0.6) is 5.75 Å². The number of para-hydroxylation sites is 1. The maximum Gasteiger partial charge on any atom is 0.150 e. The molecule has 0 aromatic heterocycles. The number of ether oxygens (including phenoxy) is 1. The summed E-state index contributed by atoms with van der Waals surface area (Å²) in [6.45, 7) is 0. The average molecular weight is 334 g/mol. The summed E-state index contributed by atoms with van der Waals surface area (Å²) in [5.74, 6) is 0.964. The molecule has 0 aliphatic carbocycles. The van der Waals surface area contributed by atoms with Crippen molar-refractivity contribution in [3.05, 3.63) is 114 Å². The van der Waals surface area contributed by atoms with Gasteiger partial charge in [0.05, 0.1) is 0 Å². The van der Waals surface area contributed by atoms with Crippen molar-refractivity contribution in [1.29, 1.82) is 0 Å². The van der Waals surface area contributed by atoms with Crippen LogP contribution in [0.15, 0.2) is 103 Å². The molecule has 0 fully saturated rings. The van der Waals surface area contributed by atoms with Gasteiger partial charge in [0.1, 0.15) is 11.9 Å². The molecular weight excluding hydrogens is 316 g/mol. The number of fused-ring (bicyclic) bond motifs is 3. The Morgan fingerprint density at radius 1 is 0.500 bits per heavy atom. The summed E-state index contributed by atoms with van der Waals surface area (Å²) in [6.07, 6.45) is -0.0928. The Morgan fingerprint density at radius 2 is 1.12 bits per heavy atom. The molecule has 1 aliphatic rings. The number of hydrogen-bond acceptors (Lipinski definition) is 1. The third-order valence-corrected chi connectivity index (χ3v) is 4.97. The smallest absolute Gasteiger partial charge is 0.150 e. The molecule has 0 radical (unpaired) electrons. The molecular formula is C25H18O. The first-order valence-electron chi connectivity index (χ1n) is 8.91. The molecule has 1 aliphatic heterocycles. The monoisotopic (exact) mass is 334 g/mol. The Kier molecular flexibility index (Phi) is 3.57. The van der Waals surface area contributed by atoms with Crippen LogP contribution in [-0.4, -0.2) is 0 Å². The van der Waals surface area contributed by atoms with Gasteiger partial charge in [0.15, 0.2) is 0 Å². The minimum atomic E-state index is -0.0928. The second-order valence-electron chi connectivity index (χ2n) is 6.54. The van der Waals surface area contributed by atoms with Crippen molar-refractivity contribution in [2.75, 3.05) is 0 Å². The fraction of sp³-hybridized carbons (Fsp3) is 0.0400. The summed E-state index contributed by atoms with van der Waals surface area (Å²) in [5.41, 5.74) is 7.12. The first kappa shape index (κ1) is 15.0. The Bertz CT molecular complexity index is 1040. The van der Waals surface area contributed by atoms with Crippen LogP contribution in [0.1, 0.15) is 17.2 Å². The van der Waals surface area contributed by atoms with Gasteiger partial charge in [0.25, 0.3) is 0 Å². The summed E-state index contributed by atoms with van der Waals surface area (Å²) < 4.78 is 6.63. The molecule has 1 heterocycles. The van der Waals surface area contributed by atoms with E-state index in [1.54, 1.807) is 0 Å². The summed E-state index contributed by atoms with van der Waals surface area (Å²) in [7, 11) is 0. The molecule has 1 heteroatoms. The number of hydrogen-bond donors (Lipinski definition) is 0. The quantitative estimate of drug-likeness (QED) is 0.406. The lowest BCUT2D eigenvalue weighted by atomic mass is 9.87. The topological polar surface area (TPSA) is 9.23 Å². The number of benzene rings is 4. The van der Waals surface area contributed by atoms with E-state index in [0.29, 0.717) is 0 Å². The molecule has 0 saturated carbocycles. The molecule has 1 unspecified atom stereocenters. The predicted octanol–water partition coefficient (Wildman–Crippen LogP) is 6.50. The lowest BCUT2D eigenvalue weighted by molar-refractivity contribution is 0.245. The van der Waals surface area contributed by atoms with E-state index in [1.165, 1.54) is 22.3 Å². The molecule has 0 bridgehead atoms. The Balaban J connectivity index is 1.75. The van der Waals surface area contributed by atoms with Crippen LogP contribution in [0.4, 0.5) is 0 Å². The van der Waals surface area contributed by atoms with Crippen LogP contribution in [0.25, 0.3) is 22.3 Å². The van der Waals surface area contributed by atoms with Gasteiger partial charge in [-0.05, 0) is 16.7 Å². The molecule has 4 aromatic carbocycles. The highest BCUT2D eigenvalue weighted by molar-refractivity contribution is 5.85. The molecule has 1 nitrogen and oxygen atoms in total. The third-order valence-electron chi connectivity index (χ3n) is 4.97. The maximum atomic E-state index is 6.63. The van der Waals surface area contributed by atoms with Crippen molar-refractivity contribution in [3.63, 3.8) is 0 Å². The molecule has 0 spiro atoms. The van der Waals surface area contributed by atoms with Gasteiger partial charge >= 0.3 is 0 Å². The molecule has 0 amide bonds. The molecule has 124 valence electrons. The Labute approximate surface area is 153 Å². The van der Waals surface area contributed by atoms with Crippen molar-refractivity contribution >= 4 is 0 Å². The zero-order valence-corrected chi connectivity index (χ0v) is 14.3. The first-order valence-corrected chi connectivity index (χ1v) is 8.91. The zero-order chi connectivity index (χ0) is 17.3. The van der Waals surface area contributed by atoms with Crippen LogP contribution < -0.4 is 4.74 Å². The highest BCUT2D eigenvalue weighted by Crippen LogP contribution is 2.48. The average Bonchev–Trinajstić information content (AvgIpc) is 2.74. The maximum absolute atomic E-state index is 6.63. The van der Waals surface area contributed by atoms with Crippen molar-refractivity contribution in [3.8, 4) is 28.0 Å².